The summed E-state index contributed by atoms with van der Waals surface area (Å²) in [5.41, 5.74) is 0. The average Bonchev–Trinajstić information content (AvgIpc) is 3.00. The Morgan fingerprint density at radius 3 is 0.696 bits per heavy atom. The van der Waals surface area contributed by atoms with Crippen LogP contribution in [-0.4, -0.2) is 54.1 Å². The van der Waals surface area contributed by atoms with Gasteiger partial charge >= 0.3 is 0 Å². The van der Waals surface area contributed by atoms with Crippen molar-refractivity contribution in [2.45, 2.75) is 244 Å². The summed E-state index contributed by atoms with van der Waals surface area (Å²) in [6, 6.07) is 0. The molecule has 0 rings (SSSR count). The van der Waals surface area contributed by atoms with Crippen molar-refractivity contribution in [3.05, 3.63) is 0 Å². The standard InChI is InChI=1S/C42H88NO2.ClH/c1-5-7-9-11-13-15-17-19-21-23-25-27-29-31-33-35-37-41(44)39-43(3,4)40-42(45)38-36-34-32-30-28-26-24-22-20-18-16-14-12-10-8-6-2;/h41-42,44-45H,5-40H2,1-4H3;1H/q+1;/p-1. The van der Waals surface area contributed by atoms with Crippen molar-refractivity contribution < 1.29 is 27.1 Å². The zero-order valence-electron chi connectivity index (χ0n) is 32.3. The summed E-state index contributed by atoms with van der Waals surface area (Å²) < 4.78 is 0.722. The topological polar surface area (TPSA) is 40.5 Å². The number of unbranched alkanes of at least 4 members (excludes halogenated alkanes) is 30. The van der Waals surface area contributed by atoms with Crippen molar-refractivity contribution in [1.29, 1.82) is 0 Å². The first-order valence-electron chi connectivity index (χ1n) is 21.1. The van der Waals surface area contributed by atoms with Gasteiger partial charge in [0, 0.05) is 0 Å². The van der Waals surface area contributed by atoms with E-state index in [4.69, 9.17) is 0 Å². The van der Waals surface area contributed by atoms with Gasteiger partial charge in [-0.1, -0.05) is 219 Å². The number of aliphatic hydroxyl groups excluding tert-OH is 2. The molecular formula is C42H88ClNO2. The third-order valence-corrected chi connectivity index (χ3v) is 10.2. The first-order chi connectivity index (χ1) is 21.9. The molecule has 2 N–H and O–H groups in total. The Bertz CT molecular complexity index is 512. The summed E-state index contributed by atoms with van der Waals surface area (Å²) in [5, 5.41) is 21.3. The Kier molecular flexibility index (Phi) is 39.9. The van der Waals surface area contributed by atoms with Crippen LogP contribution >= 0.6 is 0 Å². The van der Waals surface area contributed by atoms with Crippen LogP contribution in [0.25, 0.3) is 0 Å². The maximum atomic E-state index is 10.6. The van der Waals surface area contributed by atoms with Crippen molar-refractivity contribution in [2.75, 3.05) is 27.2 Å². The molecule has 46 heavy (non-hydrogen) atoms. The van der Waals surface area contributed by atoms with E-state index >= 15 is 0 Å². The number of hydrogen-bond acceptors (Lipinski definition) is 2. The number of halogens is 1. The van der Waals surface area contributed by atoms with Crippen molar-refractivity contribution in [3.8, 4) is 0 Å². The van der Waals surface area contributed by atoms with E-state index in [1.807, 2.05) is 0 Å². The van der Waals surface area contributed by atoms with Crippen molar-refractivity contribution in [3.63, 3.8) is 0 Å². The predicted octanol–water partition coefficient (Wildman–Crippen LogP) is 10.1. The molecule has 0 saturated heterocycles. The fraction of sp³-hybridized carbons (Fsp3) is 1.00. The molecule has 0 heterocycles. The van der Waals surface area contributed by atoms with Crippen LogP contribution in [0, 0.1) is 0 Å². The van der Waals surface area contributed by atoms with Crippen LogP contribution in [0.2, 0.25) is 0 Å². The smallest absolute Gasteiger partial charge is 0.105 e. The van der Waals surface area contributed by atoms with Gasteiger partial charge < -0.3 is 27.1 Å². The molecule has 3 nitrogen and oxygen atoms in total. The second-order valence-corrected chi connectivity index (χ2v) is 15.8. The zero-order valence-corrected chi connectivity index (χ0v) is 33.1. The van der Waals surface area contributed by atoms with Gasteiger partial charge in [-0.05, 0) is 12.8 Å². The molecule has 280 valence electrons. The molecule has 0 aliphatic carbocycles. The minimum atomic E-state index is -0.241. The Morgan fingerprint density at radius 2 is 0.500 bits per heavy atom. The predicted molar refractivity (Wildman–Crippen MR) is 202 cm³/mol. The van der Waals surface area contributed by atoms with E-state index in [0.29, 0.717) is 0 Å². The van der Waals surface area contributed by atoms with E-state index in [1.165, 1.54) is 193 Å². The summed E-state index contributed by atoms with van der Waals surface area (Å²) in [6.07, 6.45) is 45.7. The molecule has 0 aliphatic rings. The highest BCUT2D eigenvalue weighted by molar-refractivity contribution is 4.60. The first-order valence-corrected chi connectivity index (χ1v) is 21.1. The summed E-state index contributed by atoms with van der Waals surface area (Å²) in [6.45, 7) is 6.11. The largest absolute Gasteiger partial charge is 1.00 e. The zero-order chi connectivity index (χ0) is 33.1. The van der Waals surface area contributed by atoms with Crippen LogP contribution in [0.5, 0.6) is 0 Å². The van der Waals surface area contributed by atoms with Crippen molar-refractivity contribution in [1.82, 2.24) is 0 Å². The maximum Gasteiger partial charge on any atom is 0.105 e. The summed E-state index contributed by atoms with van der Waals surface area (Å²) in [7, 11) is 4.35. The van der Waals surface area contributed by atoms with Crippen LogP contribution in [0.4, 0.5) is 0 Å². The summed E-state index contributed by atoms with van der Waals surface area (Å²) in [4.78, 5) is 0. The van der Waals surface area contributed by atoms with Gasteiger partial charge in [0.05, 0.1) is 14.1 Å². The minimum Gasteiger partial charge on any atom is -1.00 e. The van der Waals surface area contributed by atoms with Gasteiger partial charge in [-0.25, -0.2) is 0 Å². The molecule has 2 unspecified atom stereocenters. The lowest BCUT2D eigenvalue weighted by atomic mass is 10.0. The fourth-order valence-electron chi connectivity index (χ4n) is 7.25. The Hall–Kier alpha value is 0.170. The van der Waals surface area contributed by atoms with Gasteiger partial charge in [0.15, 0.2) is 0 Å². The molecule has 0 aromatic rings. The molecule has 0 spiro atoms. The number of hydrogen-bond donors (Lipinski definition) is 2. The van der Waals surface area contributed by atoms with Crippen LogP contribution < -0.4 is 12.4 Å². The van der Waals surface area contributed by atoms with E-state index in [0.717, 1.165) is 43.3 Å². The number of likely N-dealkylation sites (N-methyl/N-ethyl adjacent to an activating group) is 1. The van der Waals surface area contributed by atoms with Gasteiger partial charge in [-0.15, -0.1) is 0 Å². The van der Waals surface area contributed by atoms with E-state index in [1.54, 1.807) is 0 Å². The SMILES string of the molecule is CCCCCCCCCCCCCCCCCCC(O)C[N+](C)(C)CC(O)CCCCCCCCCCCCCCCCCC.[Cl-]. The highest BCUT2D eigenvalue weighted by Gasteiger charge is 2.23. The van der Waals surface area contributed by atoms with E-state index in [9.17, 15) is 10.2 Å². The normalized spacial score (nSPS) is 13.2. The Labute approximate surface area is 297 Å². The molecule has 2 atom stereocenters. The second kappa shape index (κ2) is 38.0. The molecule has 0 aromatic carbocycles. The molecule has 0 saturated carbocycles. The summed E-state index contributed by atoms with van der Waals surface area (Å²) >= 11 is 0. The van der Waals surface area contributed by atoms with Crippen LogP contribution in [0.3, 0.4) is 0 Å². The highest BCUT2D eigenvalue weighted by Crippen LogP contribution is 2.17. The third-order valence-electron chi connectivity index (χ3n) is 10.2. The van der Waals surface area contributed by atoms with Gasteiger partial charge in [0.25, 0.3) is 0 Å². The van der Waals surface area contributed by atoms with Gasteiger partial charge in [-0.2, -0.15) is 0 Å². The van der Waals surface area contributed by atoms with Crippen LogP contribution in [0.15, 0.2) is 0 Å². The Balaban J connectivity index is 0. The molecule has 0 aromatic heterocycles. The third kappa shape index (κ3) is 38.6. The molecule has 0 radical (unpaired) electrons. The van der Waals surface area contributed by atoms with Crippen molar-refractivity contribution >= 4 is 0 Å². The average molecular weight is 675 g/mol. The maximum absolute atomic E-state index is 10.6. The van der Waals surface area contributed by atoms with E-state index in [2.05, 4.69) is 27.9 Å². The molecule has 0 aliphatic heterocycles. The van der Waals surface area contributed by atoms with Crippen LogP contribution in [0.1, 0.15) is 232 Å². The number of nitrogens with zero attached hydrogens (tertiary/aromatic N) is 1. The van der Waals surface area contributed by atoms with Crippen molar-refractivity contribution in [2.24, 2.45) is 0 Å². The molecule has 4 heteroatoms. The monoisotopic (exact) mass is 674 g/mol. The number of aliphatic hydroxyl groups is 2. The lowest BCUT2D eigenvalue weighted by Gasteiger charge is -2.33. The number of quaternary nitrogens is 1. The fourth-order valence-corrected chi connectivity index (χ4v) is 7.25. The molecule has 0 fully saturated rings. The minimum absolute atomic E-state index is 0. The number of rotatable bonds is 38. The van der Waals surface area contributed by atoms with Gasteiger partial charge in [-0.3, -0.25) is 0 Å². The lowest BCUT2D eigenvalue weighted by molar-refractivity contribution is -0.896. The Morgan fingerprint density at radius 1 is 0.326 bits per heavy atom. The highest BCUT2D eigenvalue weighted by atomic mass is 35.5. The van der Waals surface area contributed by atoms with Crippen LogP contribution in [-0.2, 0) is 0 Å². The first kappa shape index (κ1) is 48.3. The second-order valence-electron chi connectivity index (χ2n) is 15.8. The molecule has 0 amide bonds. The quantitative estimate of drug-likeness (QED) is 0.0506. The molecular weight excluding hydrogens is 586 g/mol. The van der Waals surface area contributed by atoms with E-state index < -0.39 is 0 Å². The van der Waals surface area contributed by atoms with Gasteiger partial charge in [0.2, 0.25) is 0 Å². The summed E-state index contributed by atoms with van der Waals surface area (Å²) in [5.74, 6) is 0. The lowest BCUT2D eigenvalue weighted by Crippen LogP contribution is -3.00. The van der Waals surface area contributed by atoms with Gasteiger partial charge in [0.1, 0.15) is 25.3 Å². The molecule has 0 bridgehead atoms. The van der Waals surface area contributed by atoms with E-state index in [-0.39, 0.29) is 24.6 Å².